The molecular formula is C27H29F5N2O3. The van der Waals surface area contributed by atoms with E-state index in [0.717, 1.165) is 0 Å². The van der Waals surface area contributed by atoms with Crippen molar-refractivity contribution in [1.29, 1.82) is 0 Å². The minimum absolute atomic E-state index is 0.0127. The predicted molar refractivity (Wildman–Crippen MR) is 128 cm³/mol. The molecule has 0 aromatic heterocycles. The molecule has 4 rings (SSSR count). The average Bonchev–Trinajstić information content (AvgIpc) is 3.03. The second kappa shape index (κ2) is 9.61. The van der Waals surface area contributed by atoms with Gasteiger partial charge in [0.15, 0.2) is 0 Å². The van der Waals surface area contributed by atoms with E-state index in [-0.39, 0.29) is 49.8 Å². The van der Waals surface area contributed by atoms with E-state index in [4.69, 9.17) is 0 Å². The first-order valence-corrected chi connectivity index (χ1v) is 12.2. The summed E-state index contributed by atoms with van der Waals surface area (Å²) in [5.41, 5.74) is -0.984. The van der Waals surface area contributed by atoms with E-state index in [1.807, 2.05) is 0 Å². The number of halogens is 5. The Balaban J connectivity index is 1.54. The molecule has 1 N–H and O–H groups in total. The molecule has 0 radical (unpaired) electrons. The minimum atomic E-state index is -4.27. The number of anilines is 2. The quantitative estimate of drug-likeness (QED) is 0.420. The number of hydrogen-bond donors (Lipinski definition) is 1. The van der Waals surface area contributed by atoms with E-state index < -0.39 is 29.5 Å². The lowest BCUT2D eigenvalue weighted by Crippen LogP contribution is -2.46. The molecule has 0 saturated heterocycles. The highest BCUT2D eigenvalue weighted by atomic mass is 19.4. The number of nitrogens with zero attached hydrogens (tertiary/aromatic N) is 1. The topological polar surface area (TPSA) is 58.6 Å². The number of amides is 2. The van der Waals surface area contributed by atoms with Gasteiger partial charge < -0.3 is 10.1 Å². The van der Waals surface area contributed by atoms with Gasteiger partial charge in [0.1, 0.15) is 5.75 Å². The highest BCUT2D eigenvalue weighted by Crippen LogP contribution is 2.51. The van der Waals surface area contributed by atoms with Crippen LogP contribution in [0.4, 0.5) is 33.3 Å². The summed E-state index contributed by atoms with van der Waals surface area (Å²) in [6.07, 6.45) is -3.86. The lowest BCUT2D eigenvalue weighted by molar-refractivity contribution is -0.236. The van der Waals surface area contributed by atoms with Crippen LogP contribution in [0.1, 0.15) is 68.8 Å². The van der Waals surface area contributed by atoms with Gasteiger partial charge in [-0.3, -0.25) is 14.5 Å². The van der Waals surface area contributed by atoms with Crippen molar-refractivity contribution in [2.24, 2.45) is 5.41 Å². The van der Waals surface area contributed by atoms with Crippen LogP contribution in [0.15, 0.2) is 42.5 Å². The van der Waals surface area contributed by atoms with E-state index in [2.05, 4.69) is 10.1 Å². The molecule has 1 aliphatic heterocycles. The molecule has 2 aromatic rings. The van der Waals surface area contributed by atoms with Gasteiger partial charge in [0, 0.05) is 17.7 Å². The van der Waals surface area contributed by atoms with Gasteiger partial charge in [-0.1, -0.05) is 13.0 Å². The number of nitrogens with one attached hydrogen (secondary N) is 1. The summed E-state index contributed by atoms with van der Waals surface area (Å²) in [5.74, 6) is -0.810. The summed E-state index contributed by atoms with van der Waals surface area (Å²) in [6.45, 7) is 1.95. The van der Waals surface area contributed by atoms with Crippen LogP contribution < -0.4 is 15.0 Å². The number of carbonyl (C=O) groups excluding carboxylic acids is 2. The van der Waals surface area contributed by atoms with Gasteiger partial charge in [0.2, 0.25) is 5.91 Å². The summed E-state index contributed by atoms with van der Waals surface area (Å²) in [7, 11) is 0. The van der Waals surface area contributed by atoms with E-state index in [1.165, 1.54) is 23.1 Å². The van der Waals surface area contributed by atoms with Gasteiger partial charge in [-0.15, -0.1) is 0 Å². The van der Waals surface area contributed by atoms with Crippen molar-refractivity contribution in [3.05, 3.63) is 53.6 Å². The standard InChI is InChI=1S/C27H29F5N2O3/c1-4-26(27(30,31)32)12-10-17(11-13-26)33-22(35)16-8-9-21-20(14-16)25(2,3)23(36)34(21)18-6-5-7-19(15-18)37-24(28)29/h5-9,14-15,17,24H,4,10-13H2,1-3H3,(H,33,35). The van der Waals surface area contributed by atoms with Gasteiger partial charge in [-0.25, -0.2) is 0 Å². The number of carbonyl (C=O) groups is 2. The lowest BCUT2D eigenvalue weighted by Gasteiger charge is -2.41. The van der Waals surface area contributed by atoms with Crippen molar-refractivity contribution in [2.45, 2.75) is 77.1 Å². The monoisotopic (exact) mass is 524 g/mol. The third-order valence-electron chi connectivity index (χ3n) is 7.77. The molecule has 1 aliphatic carbocycles. The van der Waals surface area contributed by atoms with Crippen LogP contribution in [-0.2, 0) is 10.2 Å². The number of ether oxygens (including phenoxy) is 1. The van der Waals surface area contributed by atoms with Crippen LogP contribution in [0.25, 0.3) is 0 Å². The molecule has 10 heteroatoms. The Hall–Kier alpha value is -3.17. The summed E-state index contributed by atoms with van der Waals surface area (Å²) >= 11 is 0. The number of fused-ring (bicyclic) bond motifs is 1. The first-order valence-electron chi connectivity index (χ1n) is 12.2. The Bertz CT molecular complexity index is 1190. The second-order valence-electron chi connectivity index (χ2n) is 10.3. The normalized spacial score (nSPS) is 23.2. The van der Waals surface area contributed by atoms with Crippen LogP contribution in [0.5, 0.6) is 5.75 Å². The molecule has 37 heavy (non-hydrogen) atoms. The van der Waals surface area contributed by atoms with E-state index >= 15 is 0 Å². The second-order valence-corrected chi connectivity index (χ2v) is 10.3. The molecule has 1 heterocycles. The summed E-state index contributed by atoms with van der Waals surface area (Å²) in [4.78, 5) is 27.7. The van der Waals surface area contributed by atoms with Crippen molar-refractivity contribution in [3.63, 3.8) is 0 Å². The number of benzene rings is 2. The van der Waals surface area contributed by atoms with Gasteiger partial charge in [0.25, 0.3) is 5.91 Å². The molecule has 0 bridgehead atoms. The highest BCUT2D eigenvalue weighted by Gasteiger charge is 2.54. The zero-order valence-electron chi connectivity index (χ0n) is 20.8. The maximum Gasteiger partial charge on any atom is 0.394 e. The Morgan fingerprint density at radius 2 is 1.81 bits per heavy atom. The Kier molecular flexibility index (Phi) is 6.98. The largest absolute Gasteiger partial charge is 0.435 e. The Morgan fingerprint density at radius 3 is 2.41 bits per heavy atom. The number of rotatable bonds is 6. The fraction of sp³-hybridized carbons (Fsp3) is 0.481. The zero-order valence-corrected chi connectivity index (χ0v) is 20.8. The summed E-state index contributed by atoms with van der Waals surface area (Å²) in [5, 5.41) is 2.85. The molecular weight excluding hydrogens is 495 g/mol. The molecule has 2 aliphatic rings. The SMILES string of the molecule is CCC1(C(F)(F)F)CCC(NC(=O)c2ccc3c(c2)C(C)(C)C(=O)N3c2cccc(OC(F)F)c2)CC1. The molecule has 2 amide bonds. The number of hydrogen-bond acceptors (Lipinski definition) is 3. The molecule has 1 fully saturated rings. The van der Waals surface area contributed by atoms with E-state index in [1.54, 1.807) is 45.0 Å². The van der Waals surface area contributed by atoms with E-state index in [9.17, 15) is 31.5 Å². The van der Waals surface area contributed by atoms with E-state index in [0.29, 0.717) is 22.5 Å². The molecule has 0 spiro atoms. The van der Waals surface area contributed by atoms with Crippen molar-refractivity contribution in [2.75, 3.05) is 4.90 Å². The predicted octanol–water partition coefficient (Wildman–Crippen LogP) is 6.88. The van der Waals surface area contributed by atoms with Crippen LogP contribution in [-0.4, -0.2) is 30.6 Å². The maximum absolute atomic E-state index is 13.6. The number of alkyl halides is 5. The van der Waals surface area contributed by atoms with Crippen LogP contribution in [0.3, 0.4) is 0 Å². The van der Waals surface area contributed by atoms with Crippen molar-refractivity contribution < 1.29 is 36.3 Å². The molecule has 0 unspecified atom stereocenters. The van der Waals surface area contributed by atoms with Crippen molar-refractivity contribution >= 4 is 23.2 Å². The van der Waals surface area contributed by atoms with Gasteiger partial charge in [-0.05, 0) is 81.8 Å². The molecule has 0 atom stereocenters. The third-order valence-corrected chi connectivity index (χ3v) is 7.77. The van der Waals surface area contributed by atoms with Crippen molar-refractivity contribution in [3.8, 4) is 5.75 Å². The van der Waals surface area contributed by atoms with Crippen LogP contribution >= 0.6 is 0 Å². The van der Waals surface area contributed by atoms with Crippen LogP contribution in [0.2, 0.25) is 0 Å². The van der Waals surface area contributed by atoms with Crippen LogP contribution in [0, 0.1) is 5.41 Å². The van der Waals surface area contributed by atoms with Gasteiger partial charge in [-0.2, -0.15) is 22.0 Å². The molecule has 5 nitrogen and oxygen atoms in total. The smallest absolute Gasteiger partial charge is 0.394 e. The van der Waals surface area contributed by atoms with Gasteiger partial charge in [0.05, 0.1) is 22.2 Å². The van der Waals surface area contributed by atoms with Gasteiger partial charge >= 0.3 is 12.8 Å². The Morgan fingerprint density at radius 1 is 1.14 bits per heavy atom. The highest BCUT2D eigenvalue weighted by molar-refractivity contribution is 6.13. The fourth-order valence-electron chi connectivity index (χ4n) is 5.35. The first kappa shape index (κ1) is 26.9. The van der Waals surface area contributed by atoms with Crippen molar-refractivity contribution in [1.82, 2.24) is 5.32 Å². The molecule has 200 valence electrons. The third kappa shape index (κ3) is 4.90. The summed E-state index contributed by atoms with van der Waals surface area (Å²) in [6, 6.07) is 10.2. The first-order chi connectivity index (χ1) is 17.3. The molecule has 2 aromatic carbocycles. The average molecular weight is 525 g/mol. The lowest BCUT2D eigenvalue weighted by atomic mass is 9.70. The minimum Gasteiger partial charge on any atom is -0.435 e. The fourth-order valence-corrected chi connectivity index (χ4v) is 5.35. The maximum atomic E-state index is 13.6. The summed E-state index contributed by atoms with van der Waals surface area (Å²) < 4.78 is 70.5. The zero-order chi connectivity index (χ0) is 27.2. The molecule has 1 saturated carbocycles. The Labute approximate surface area is 212 Å².